The van der Waals surface area contributed by atoms with Gasteiger partial charge in [0.25, 0.3) is 0 Å². The van der Waals surface area contributed by atoms with Crippen LogP contribution in [0.25, 0.3) is 0 Å². The van der Waals surface area contributed by atoms with Crippen LogP contribution in [-0.4, -0.2) is 18.5 Å². The van der Waals surface area contributed by atoms with E-state index in [9.17, 15) is 9.59 Å². The fourth-order valence-corrected chi connectivity index (χ4v) is 4.25. The highest BCUT2D eigenvalue weighted by Crippen LogP contribution is 2.38. The molecular formula is C18H21NO4S. The molecule has 1 aliphatic rings. The zero-order valence-corrected chi connectivity index (χ0v) is 14.5. The molecule has 1 aliphatic carbocycles. The SMILES string of the molecule is CCOC(=O)c1c(NC(=O)CCc2ccco2)sc2c1CCCC2. The number of thiophene rings is 1. The molecule has 2 aromatic rings. The number of esters is 1. The van der Waals surface area contributed by atoms with Crippen LogP contribution in [0.3, 0.4) is 0 Å². The number of nitrogens with one attached hydrogen (secondary N) is 1. The second-order valence-electron chi connectivity index (χ2n) is 5.76. The number of furan rings is 1. The molecule has 2 aromatic heterocycles. The van der Waals surface area contributed by atoms with Crippen molar-refractivity contribution in [2.45, 2.75) is 45.4 Å². The van der Waals surface area contributed by atoms with E-state index >= 15 is 0 Å². The van der Waals surface area contributed by atoms with Crippen molar-refractivity contribution in [3.05, 3.63) is 40.2 Å². The van der Waals surface area contributed by atoms with Crippen molar-refractivity contribution >= 4 is 28.2 Å². The maximum absolute atomic E-state index is 12.3. The van der Waals surface area contributed by atoms with Crippen molar-refractivity contribution in [1.29, 1.82) is 0 Å². The number of hydrogen-bond acceptors (Lipinski definition) is 5. The zero-order valence-electron chi connectivity index (χ0n) is 13.7. The highest BCUT2D eigenvalue weighted by molar-refractivity contribution is 7.17. The first-order valence-electron chi connectivity index (χ1n) is 8.33. The van der Waals surface area contributed by atoms with Crippen molar-refractivity contribution in [2.24, 2.45) is 0 Å². The summed E-state index contributed by atoms with van der Waals surface area (Å²) in [5, 5.41) is 3.54. The van der Waals surface area contributed by atoms with Gasteiger partial charge in [-0.05, 0) is 50.3 Å². The maximum Gasteiger partial charge on any atom is 0.341 e. The predicted molar refractivity (Wildman–Crippen MR) is 92.6 cm³/mol. The third-order valence-electron chi connectivity index (χ3n) is 4.08. The lowest BCUT2D eigenvalue weighted by molar-refractivity contribution is -0.116. The number of carbonyl (C=O) groups excluding carboxylic acids is 2. The third-order valence-corrected chi connectivity index (χ3v) is 5.29. The van der Waals surface area contributed by atoms with Gasteiger partial charge in [0.2, 0.25) is 5.91 Å². The van der Waals surface area contributed by atoms with Crippen molar-refractivity contribution in [1.82, 2.24) is 0 Å². The number of amides is 1. The van der Waals surface area contributed by atoms with Crippen molar-refractivity contribution in [3.8, 4) is 0 Å². The second-order valence-corrected chi connectivity index (χ2v) is 6.87. The van der Waals surface area contributed by atoms with E-state index in [0.717, 1.165) is 37.0 Å². The quantitative estimate of drug-likeness (QED) is 0.803. The first kappa shape index (κ1) is 16.8. The Bertz CT molecular complexity index is 718. The smallest absolute Gasteiger partial charge is 0.341 e. The predicted octanol–water partition coefficient (Wildman–Crippen LogP) is 3.97. The molecule has 3 rings (SSSR count). The molecule has 0 aromatic carbocycles. The number of fused-ring (bicyclic) bond motifs is 1. The molecule has 0 aliphatic heterocycles. The van der Waals surface area contributed by atoms with E-state index in [2.05, 4.69) is 5.32 Å². The summed E-state index contributed by atoms with van der Waals surface area (Å²) in [5.74, 6) is 0.329. The summed E-state index contributed by atoms with van der Waals surface area (Å²) >= 11 is 1.51. The van der Waals surface area contributed by atoms with E-state index in [-0.39, 0.29) is 11.9 Å². The third kappa shape index (κ3) is 3.70. The van der Waals surface area contributed by atoms with E-state index in [1.165, 1.54) is 16.2 Å². The normalized spacial score (nSPS) is 13.4. The van der Waals surface area contributed by atoms with Gasteiger partial charge in [-0.15, -0.1) is 11.3 Å². The van der Waals surface area contributed by atoms with Gasteiger partial charge in [-0.3, -0.25) is 4.79 Å². The first-order chi connectivity index (χ1) is 11.7. The number of anilines is 1. The molecule has 0 saturated carbocycles. The maximum atomic E-state index is 12.3. The number of ether oxygens (including phenoxy) is 1. The highest BCUT2D eigenvalue weighted by atomic mass is 32.1. The van der Waals surface area contributed by atoms with Gasteiger partial charge >= 0.3 is 5.97 Å². The largest absolute Gasteiger partial charge is 0.469 e. The lowest BCUT2D eigenvalue weighted by Gasteiger charge is -2.12. The minimum atomic E-state index is -0.335. The Kier molecular flexibility index (Phi) is 5.35. The summed E-state index contributed by atoms with van der Waals surface area (Å²) in [7, 11) is 0. The van der Waals surface area contributed by atoms with E-state index in [1.54, 1.807) is 19.3 Å². The average molecular weight is 347 g/mol. The van der Waals surface area contributed by atoms with E-state index in [1.807, 2.05) is 6.07 Å². The fourth-order valence-electron chi connectivity index (χ4n) is 2.95. The Morgan fingerprint density at radius 2 is 2.17 bits per heavy atom. The van der Waals surface area contributed by atoms with Crippen LogP contribution in [0.15, 0.2) is 22.8 Å². The molecule has 0 saturated heterocycles. The van der Waals surface area contributed by atoms with Gasteiger partial charge in [-0.2, -0.15) is 0 Å². The number of aryl methyl sites for hydroxylation is 2. The molecule has 0 unspecified atom stereocenters. The van der Waals surface area contributed by atoms with Gasteiger partial charge in [0.05, 0.1) is 18.4 Å². The topological polar surface area (TPSA) is 68.5 Å². The van der Waals surface area contributed by atoms with E-state index in [4.69, 9.17) is 9.15 Å². The van der Waals surface area contributed by atoms with Crippen molar-refractivity contribution < 1.29 is 18.7 Å². The Balaban J connectivity index is 1.75. The van der Waals surface area contributed by atoms with Gasteiger partial charge in [-0.25, -0.2) is 4.79 Å². The van der Waals surface area contributed by atoms with Crippen LogP contribution in [0, 0.1) is 0 Å². The van der Waals surface area contributed by atoms with E-state index in [0.29, 0.717) is 30.0 Å². The molecule has 6 heteroatoms. The Morgan fingerprint density at radius 1 is 1.33 bits per heavy atom. The van der Waals surface area contributed by atoms with Crippen LogP contribution >= 0.6 is 11.3 Å². The highest BCUT2D eigenvalue weighted by Gasteiger charge is 2.27. The van der Waals surface area contributed by atoms with E-state index < -0.39 is 0 Å². The van der Waals surface area contributed by atoms with Gasteiger partial charge in [-0.1, -0.05) is 0 Å². The Labute approximate surface area is 145 Å². The zero-order chi connectivity index (χ0) is 16.9. The average Bonchev–Trinajstić information content (AvgIpc) is 3.20. The van der Waals surface area contributed by atoms with Gasteiger partial charge in [0, 0.05) is 17.7 Å². The van der Waals surface area contributed by atoms with Crippen molar-refractivity contribution in [2.75, 3.05) is 11.9 Å². The van der Waals surface area contributed by atoms with Crippen LogP contribution < -0.4 is 5.32 Å². The number of hydrogen-bond donors (Lipinski definition) is 1. The summed E-state index contributed by atoms with van der Waals surface area (Å²) in [5.41, 5.74) is 1.62. The van der Waals surface area contributed by atoms with Crippen LogP contribution in [0.4, 0.5) is 5.00 Å². The molecule has 2 heterocycles. The first-order valence-corrected chi connectivity index (χ1v) is 9.14. The Morgan fingerprint density at radius 3 is 2.92 bits per heavy atom. The molecule has 1 N–H and O–H groups in total. The molecule has 0 spiro atoms. The van der Waals surface area contributed by atoms with Gasteiger partial charge in [0.15, 0.2) is 0 Å². The van der Waals surface area contributed by atoms with Gasteiger partial charge in [0.1, 0.15) is 10.8 Å². The van der Waals surface area contributed by atoms with Crippen LogP contribution in [0.1, 0.15) is 52.7 Å². The molecule has 1 amide bonds. The number of rotatable bonds is 6. The van der Waals surface area contributed by atoms with Crippen LogP contribution in [0.2, 0.25) is 0 Å². The summed E-state index contributed by atoms with van der Waals surface area (Å²) in [6, 6.07) is 3.65. The molecule has 5 nitrogen and oxygen atoms in total. The summed E-state index contributed by atoms with van der Waals surface area (Å²) in [4.78, 5) is 25.8. The fraction of sp³-hybridized carbons (Fsp3) is 0.444. The molecule has 0 radical (unpaired) electrons. The molecule has 24 heavy (non-hydrogen) atoms. The standard InChI is InChI=1S/C18H21NO4S/c1-2-22-18(21)16-13-7-3-4-8-14(13)24-17(16)19-15(20)10-9-12-6-5-11-23-12/h5-6,11H,2-4,7-10H2,1H3,(H,19,20). The lowest BCUT2D eigenvalue weighted by Crippen LogP contribution is -2.16. The van der Waals surface area contributed by atoms with Crippen molar-refractivity contribution in [3.63, 3.8) is 0 Å². The van der Waals surface area contributed by atoms with Crippen LogP contribution in [0.5, 0.6) is 0 Å². The minimum absolute atomic E-state index is 0.115. The van der Waals surface area contributed by atoms with Crippen LogP contribution in [-0.2, 0) is 28.8 Å². The molecule has 128 valence electrons. The molecule has 0 atom stereocenters. The van der Waals surface area contributed by atoms with Gasteiger partial charge < -0.3 is 14.5 Å². The monoisotopic (exact) mass is 347 g/mol. The molecular weight excluding hydrogens is 326 g/mol. The minimum Gasteiger partial charge on any atom is -0.469 e. The molecule has 0 bridgehead atoms. The summed E-state index contributed by atoms with van der Waals surface area (Å²) < 4.78 is 10.4. The summed E-state index contributed by atoms with van der Waals surface area (Å²) in [6.45, 7) is 2.12. The lowest BCUT2D eigenvalue weighted by atomic mass is 9.95. The molecule has 0 fully saturated rings. The second kappa shape index (κ2) is 7.66. The Hall–Kier alpha value is -2.08. The number of carbonyl (C=O) groups is 2. The summed E-state index contributed by atoms with van der Waals surface area (Å²) in [6.07, 6.45) is 6.50.